The normalized spacial score (nSPS) is 19.1. The van der Waals surface area contributed by atoms with E-state index in [-0.39, 0.29) is 11.6 Å². The number of benzene rings is 1. The average molecular weight is 366 g/mol. The van der Waals surface area contributed by atoms with E-state index < -0.39 is 23.2 Å². The van der Waals surface area contributed by atoms with Crippen molar-refractivity contribution in [2.45, 2.75) is 18.6 Å². The van der Waals surface area contributed by atoms with Gasteiger partial charge in [0.25, 0.3) is 0 Å². The third kappa shape index (κ3) is 3.19. The molecule has 0 amide bonds. The summed E-state index contributed by atoms with van der Waals surface area (Å²) in [5.41, 5.74) is -0.230. The summed E-state index contributed by atoms with van der Waals surface area (Å²) in [5.74, 6) is -3.83. The Hall–Kier alpha value is -2.39. The fourth-order valence-corrected chi connectivity index (χ4v) is 3.19. The maximum Gasteiger partial charge on any atom is 0.229 e. The number of rotatable bonds is 3. The first kappa shape index (κ1) is 17.0. The minimum atomic E-state index is -1.54. The van der Waals surface area contributed by atoms with Crippen LogP contribution in [0.3, 0.4) is 0 Å². The number of nitrogens with zero attached hydrogens (tertiary/aromatic N) is 3. The Morgan fingerprint density at radius 2 is 1.73 bits per heavy atom. The summed E-state index contributed by atoms with van der Waals surface area (Å²) < 4.78 is 51.6. The van der Waals surface area contributed by atoms with Crippen LogP contribution in [0.1, 0.15) is 12.8 Å². The molecule has 2 saturated heterocycles. The molecule has 6 nitrogen and oxygen atoms in total. The highest BCUT2D eigenvalue weighted by atomic mass is 19.2. The summed E-state index contributed by atoms with van der Waals surface area (Å²) in [4.78, 5) is 10.4. The van der Waals surface area contributed by atoms with Crippen molar-refractivity contribution >= 4 is 17.5 Å². The minimum absolute atomic E-state index is 0.0982. The van der Waals surface area contributed by atoms with E-state index >= 15 is 0 Å². The average Bonchev–Trinajstić information content (AvgIpc) is 3.11. The van der Waals surface area contributed by atoms with Crippen LogP contribution in [0, 0.1) is 17.5 Å². The molecule has 26 heavy (non-hydrogen) atoms. The lowest BCUT2D eigenvalue weighted by Gasteiger charge is -2.38. The zero-order chi connectivity index (χ0) is 18.1. The largest absolute Gasteiger partial charge is 0.356 e. The van der Waals surface area contributed by atoms with Crippen molar-refractivity contribution in [1.29, 1.82) is 0 Å². The fourth-order valence-electron chi connectivity index (χ4n) is 3.19. The number of hydrogen-bond acceptors (Lipinski definition) is 6. The molecule has 1 N–H and O–H groups in total. The second kappa shape index (κ2) is 6.73. The lowest BCUT2D eigenvalue weighted by atomic mass is 10.0. The zero-order valence-electron chi connectivity index (χ0n) is 13.8. The fraction of sp³-hybridized carbons (Fsp3) is 0.412. The van der Waals surface area contributed by atoms with Gasteiger partial charge in [-0.05, 0) is 18.2 Å². The molecular weight excluding hydrogens is 349 g/mol. The second-order valence-electron chi connectivity index (χ2n) is 6.18. The van der Waals surface area contributed by atoms with Crippen molar-refractivity contribution in [3.8, 4) is 0 Å². The van der Waals surface area contributed by atoms with E-state index in [1.807, 2.05) is 4.90 Å². The maximum absolute atomic E-state index is 13.8. The van der Waals surface area contributed by atoms with Crippen molar-refractivity contribution < 1.29 is 22.6 Å². The standard InChI is InChI=1S/C17H17F3N4O2/c18-11-1-2-12(15(20)14(11)19)22-16-21-6-3-13(23-16)24-7-4-17(5-8-24)25-9-10-26-17/h1-3,6H,4-5,7-10H2,(H,21,22,23). The highest BCUT2D eigenvalue weighted by molar-refractivity contribution is 5.56. The Morgan fingerprint density at radius 1 is 1.00 bits per heavy atom. The predicted octanol–water partition coefficient (Wildman–Crippen LogP) is 2.98. The highest BCUT2D eigenvalue weighted by Gasteiger charge is 2.40. The van der Waals surface area contributed by atoms with Gasteiger partial charge in [0.2, 0.25) is 5.95 Å². The Kier molecular flexibility index (Phi) is 4.41. The summed E-state index contributed by atoms with van der Waals surface area (Å²) in [5, 5.41) is 2.59. The topological polar surface area (TPSA) is 59.5 Å². The molecule has 0 saturated carbocycles. The van der Waals surface area contributed by atoms with Crippen molar-refractivity contribution in [1.82, 2.24) is 9.97 Å². The van der Waals surface area contributed by atoms with Crippen molar-refractivity contribution in [2.24, 2.45) is 0 Å². The first-order valence-electron chi connectivity index (χ1n) is 8.33. The lowest BCUT2D eigenvalue weighted by molar-refractivity contribution is -0.169. The molecule has 0 aliphatic carbocycles. The molecule has 1 spiro atoms. The van der Waals surface area contributed by atoms with E-state index in [1.54, 1.807) is 6.07 Å². The molecule has 2 fully saturated rings. The quantitative estimate of drug-likeness (QED) is 0.843. The first-order valence-corrected chi connectivity index (χ1v) is 8.33. The summed E-state index contributed by atoms with van der Waals surface area (Å²) in [7, 11) is 0. The van der Waals surface area contributed by atoms with Gasteiger partial charge in [-0.1, -0.05) is 0 Å². The highest BCUT2D eigenvalue weighted by Crippen LogP contribution is 2.33. The number of aromatic nitrogens is 2. The van der Waals surface area contributed by atoms with Gasteiger partial charge in [-0.15, -0.1) is 0 Å². The Bertz CT molecular complexity index is 805. The zero-order valence-corrected chi connectivity index (χ0v) is 13.8. The van der Waals surface area contributed by atoms with E-state index in [4.69, 9.17) is 9.47 Å². The second-order valence-corrected chi connectivity index (χ2v) is 6.18. The van der Waals surface area contributed by atoms with Gasteiger partial charge in [-0.2, -0.15) is 4.98 Å². The molecule has 138 valence electrons. The van der Waals surface area contributed by atoms with Crippen LogP contribution in [0.5, 0.6) is 0 Å². The van der Waals surface area contributed by atoms with Crippen LogP contribution in [0.15, 0.2) is 24.4 Å². The number of anilines is 3. The van der Waals surface area contributed by atoms with Crippen LogP contribution < -0.4 is 10.2 Å². The Labute approximate surface area is 148 Å². The van der Waals surface area contributed by atoms with Gasteiger partial charge in [-0.25, -0.2) is 18.2 Å². The molecule has 2 aliphatic heterocycles. The van der Waals surface area contributed by atoms with Gasteiger partial charge in [0.15, 0.2) is 23.2 Å². The van der Waals surface area contributed by atoms with Crippen LogP contribution in [0.25, 0.3) is 0 Å². The number of piperidine rings is 1. The van der Waals surface area contributed by atoms with E-state index in [2.05, 4.69) is 15.3 Å². The molecule has 0 radical (unpaired) electrons. The Morgan fingerprint density at radius 3 is 2.46 bits per heavy atom. The molecule has 2 aliphatic rings. The molecule has 0 unspecified atom stereocenters. The lowest BCUT2D eigenvalue weighted by Crippen LogP contribution is -2.45. The number of ether oxygens (including phenoxy) is 2. The predicted molar refractivity (Wildman–Crippen MR) is 87.7 cm³/mol. The van der Waals surface area contributed by atoms with E-state index in [0.717, 1.165) is 25.0 Å². The van der Waals surface area contributed by atoms with Crippen LogP contribution in [-0.4, -0.2) is 42.1 Å². The van der Waals surface area contributed by atoms with Crippen molar-refractivity contribution in [2.75, 3.05) is 36.5 Å². The van der Waals surface area contributed by atoms with Gasteiger partial charge < -0.3 is 19.7 Å². The van der Waals surface area contributed by atoms with Crippen LogP contribution in [0.4, 0.5) is 30.6 Å². The van der Waals surface area contributed by atoms with E-state index in [9.17, 15) is 13.2 Å². The van der Waals surface area contributed by atoms with Gasteiger partial charge >= 0.3 is 0 Å². The maximum atomic E-state index is 13.8. The van der Waals surface area contributed by atoms with E-state index in [0.29, 0.717) is 32.1 Å². The number of hydrogen-bond donors (Lipinski definition) is 1. The molecule has 9 heteroatoms. The summed E-state index contributed by atoms with van der Waals surface area (Å²) >= 11 is 0. The summed E-state index contributed by atoms with van der Waals surface area (Å²) in [6, 6.07) is 3.68. The molecule has 1 aromatic carbocycles. The van der Waals surface area contributed by atoms with Gasteiger partial charge in [0.05, 0.1) is 18.9 Å². The minimum Gasteiger partial charge on any atom is -0.356 e. The van der Waals surface area contributed by atoms with Gasteiger partial charge in [0, 0.05) is 32.1 Å². The van der Waals surface area contributed by atoms with Gasteiger partial charge in [-0.3, -0.25) is 0 Å². The first-order chi connectivity index (χ1) is 12.6. The summed E-state index contributed by atoms with van der Waals surface area (Å²) in [6.07, 6.45) is 2.96. The molecular formula is C17H17F3N4O2. The third-order valence-electron chi connectivity index (χ3n) is 4.59. The Balaban J connectivity index is 1.48. The van der Waals surface area contributed by atoms with Crippen LogP contribution >= 0.6 is 0 Å². The molecule has 1 aromatic heterocycles. The number of halogens is 3. The van der Waals surface area contributed by atoms with Crippen molar-refractivity contribution in [3.05, 3.63) is 41.8 Å². The molecule has 0 atom stereocenters. The summed E-state index contributed by atoms with van der Waals surface area (Å²) in [6.45, 7) is 2.61. The third-order valence-corrected chi connectivity index (χ3v) is 4.59. The van der Waals surface area contributed by atoms with Crippen LogP contribution in [0.2, 0.25) is 0 Å². The molecule has 4 rings (SSSR count). The van der Waals surface area contributed by atoms with Crippen molar-refractivity contribution in [3.63, 3.8) is 0 Å². The monoisotopic (exact) mass is 366 g/mol. The molecule has 0 bridgehead atoms. The van der Waals surface area contributed by atoms with Gasteiger partial charge in [0.1, 0.15) is 5.82 Å². The SMILES string of the molecule is Fc1ccc(Nc2nccc(N3CCC4(CC3)OCCO4)n2)c(F)c1F. The number of nitrogens with one attached hydrogen (secondary N) is 1. The molecule has 2 aromatic rings. The smallest absolute Gasteiger partial charge is 0.229 e. The van der Waals surface area contributed by atoms with E-state index in [1.165, 1.54) is 6.20 Å². The van der Waals surface area contributed by atoms with Crippen LogP contribution in [-0.2, 0) is 9.47 Å². The molecule has 3 heterocycles.